The van der Waals surface area contributed by atoms with Crippen molar-refractivity contribution >= 4 is 28.3 Å². The maximum atomic E-state index is 8.66. The first kappa shape index (κ1) is 12.8. The zero-order valence-corrected chi connectivity index (χ0v) is 9.38. The van der Waals surface area contributed by atoms with Gasteiger partial charge in [0.25, 0.3) is 0 Å². The first-order valence-corrected chi connectivity index (χ1v) is 4.50. The van der Waals surface area contributed by atoms with Gasteiger partial charge in [-0.25, -0.2) is 0 Å². The summed E-state index contributed by atoms with van der Waals surface area (Å²) in [5.41, 5.74) is 6.70. The smallest absolute Gasteiger partial charge is 0.0449 e. The summed E-state index contributed by atoms with van der Waals surface area (Å²) in [6.45, 7) is 0.105. The molecule has 13 heavy (non-hydrogen) atoms. The highest BCUT2D eigenvalue weighted by molar-refractivity contribution is 9.10. The van der Waals surface area contributed by atoms with Gasteiger partial charge in [-0.05, 0) is 34.0 Å². The second-order valence-electron chi connectivity index (χ2n) is 2.56. The SMILES string of the molecule is Cl.N[C@@H](CCO)c1cncc(Br)c1. The molecule has 0 aliphatic carbocycles. The molecule has 0 unspecified atom stereocenters. The van der Waals surface area contributed by atoms with Gasteiger partial charge in [-0.2, -0.15) is 0 Å². The number of nitrogens with two attached hydrogens (primary N) is 1. The van der Waals surface area contributed by atoms with Gasteiger partial charge < -0.3 is 10.8 Å². The molecule has 1 atom stereocenters. The Hall–Kier alpha value is -0.160. The minimum atomic E-state index is -0.125. The molecule has 1 aromatic rings. The molecule has 0 amide bonds. The lowest BCUT2D eigenvalue weighted by Crippen LogP contribution is -2.12. The van der Waals surface area contributed by atoms with Gasteiger partial charge in [0.1, 0.15) is 0 Å². The first-order chi connectivity index (χ1) is 5.74. The molecule has 1 heterocycles. The third-order valence-corrected chi connectivity index (χ3v) is 2.03. The normalized spacial score (nSPS) is 11.9. The van der Waals surface area contributed by atoms with Crippen molar-refractivity contribution in [2.24, 2.45) is 5.73 Å². The van der Waals surface area contributed by atoms with Crippen LogP contribution in [0.5, 0.6) is 0 Å². The fourth-order valence-electron chi connectivity index (χ4n) is 0.937. The molecule has 1 aromatic heterocycles. The van der Waals surface area contributed by atoms with E-state index in [1.54, 1.807) is 12.4 Å². The van der Waals surface area contributed by atoms with E-state index < -0.39 is 0 Å². The molecule has 1 rings (SSSR count). The van der Waals surface area contributed by atoms with Crippen molar-refractivity contribution in [3.63, 3.8) is 0 Å². The Kier molecular flexibility index (Phi) is 6.24. The minimum absolute atomic E-state index is 0. The molecule has 0 fully saturated rings. The Bertz CT molecular complexity index is 260. The third-order valence-electron chi connectivity index (χ3n) is 1.59. The van der Waals surface area contributed by atoms with Crippen LogP contribution in [0.25, 0.3) is 0 Å². The van der Waals surface area contributed by atoms with Gasteiger partial charge >= 0.3 is 0 Å². The molecule has 3 nitrogen and oxygen atoms in total. The molecule has 0 aliphatic rings. The molecular weight excluding hydrogens is 255 g/mol. The van der Waals surface area contributed by atoms with Crippen molar-refractivity contribution in [2.45, 2.75) is 12.5 Å². The number of aromatic nitrogens is 1. The molecule has 0 saturated carbocycles. The van der Waals surface area contributed by atoms with Crippen LogP contribution in [0.4, 0.5) is 0 Å². The molecule has 0 radical (unpaired) electrons. The summed E-state index contributed by atoms with van der Waals surface area (Å²) < 4.78 is 0.911. The van der Waals surface area contributed by atoms with Gasteiger partial charge in [-0.1, -0.05) is 0 Å². The van der Waals surface area contributed by atoms with Crippen LogP contribution in [-0.2, 0) is 0 Å². The molecule has 0 aromatic carbocycles. The number of aliphatic hydroxyl groups excluding tert-OH is 1. The lowest BCUT2D eigenvalue weighted by atomic mass is 10.1. The molecule has 0 spiro atoms. The van der Waals surface area contributed by atoms with E-state index in [-0.39, 0.29) is 25.1 Å². The standard InChI is InChI=1S/C8H11BrN2O.ClH/c9-7-3-6(4-11-5-7)8(10)1-2-12;/h3-5,8,12H,1-2,10H2;1H/t8-;/m0./s1. The van der Waals surface area contributed by atoms with Crippen LogP contribution in [0.1, 0.15) is 18.0 Å². The number of hydrogen-bond donors (Lipinski definition) is 2. The number of nitrogens with zero attached hydrogens (tertiary/aromatic N) is 1. The van der Waals surface area contributed by atoms with Crippen LogP contribution in [0.15, 0.2) is 22.9 Å². The molecule has 3 N–H and O–H groups in total. The Labute approximate surface area is 91.9 Å². The van der Waals surface area contributed by atoms with E-state index >= 15 is 0 Å². The monoisotopic (exact) mass is 266 g/mol. The molecule has 0 bridgehead atoms. The molecule has 0 aliphatic heterocycles. The van der Waals surface area contributed by atoms with Crippen molar-refractivity contribution in [3.05, 3.63) is 28.5 Å². The molecular formula is C8H12BrClN2O. The maximum Gasteiger partial charge on any atom is 0.0449 e. The van der Waals surface area contributed by atoms with Crippen LogP contribution in [0, 0.1) is 0 Å². The summed E-state index contributed by atoms with van der Waals surface area (Å²) in [5.74, 6) is 0. The zero-order chi connectivity index (χ0) is 8.97. The minimum Gasteiger partial charge on any atom is -0.396 e. The third kappa shape index (κ3) is 4.04. The van der Waals surface area contributed by atoms with Crippen molar-refractivity contribution in [2.75, 3.05) is 6.61 Å². The lowest BCUT2D eigenvalue weighted by Gasteiger charge is -2.09. The Morgan fingerprint density at radius 1 is 1.54 bits per heavy atom. The second kappa shape index (κ2) is 6.32. The highest BCUT2D eigenvalue weighted by atomic mass is 79.9. The maximum absolute atomic E-state index is 8.66. The molecule has 5 heteroatoms. The summed E-state index contributed by atoms with van der Waals surface area (Å²) in [5, 5.41) is 8.66. The summed E-state index contributed by atoms with van der Waals surface area (Å²) in [6.07, 6.45) is 3.98. The van der Waals surface area contributed by atoms with E-state index in [0.29, 0.717) is 6.42 Å². The van der Waals surface area contributed by atoms with Crippen LogP contribution >= 0.6 is 28.3 Å². The molecule has 74 valence electrons. The topological polar surface area (TPSA) is 59.1 Å². The van der Waals surface area contributed by atoms with E-state index in [4.69, 9.17) is 10.8 Å². The van der Waals surface area contributed by atoms with Crippen LogP contribution < -0.4 is 5.73 Å². The predicted octanol–water partition coefficient (Wildman–Crippen LogP) is 1.65. The first-order valence-electron chi connectivity index (χ1n) is 3.71. The Morgan fingerprint density at radius 2 is 2.23 bits per heavy atom. The van der Waals surface area contributed by atoms with Crippen LogP contribution in [0.2, 0.25) is 0 Å². The van der Waals surface area contributed by atoms with E-state index in [2.05, 4.69) is 20.9 Å². The second-order valence-corrected chi connectivity index (χ2v) is 3.47. The fraction of sp³-hybridized carbons (Fsp3) is 0.375. The predicted molar refractivity (Wildman–Crippen MR) is 57.8 cm³/mol. The van der Waals surface area contributed by atoms with Gasteiger partial charge in [-0.3, -0.25) is 4.98 Å². The highest BCUT2D eigenvalue weighted by Crippen LogP contribution is 2.16. The van der Waals surface area contributed by atoms with Gasteiger partial charge in [-0.15, -0.1) is 12.4 Å². The van der Waals surface area contributed by atoms with Gasteiger partial charge in [0.2, 0.25) is 0 Å². The van der Waals surface area contributed by atoms with Crippen molar-refractivity contribution in [1.29, 1.82) is 0 Å². The van der Waals surface area contributed by atoms with E-state index in [0.717, 1.165) is 10.0 Å². The average molecular weight is 268 g/mol. The van der Waals surface area contributed by atoms with Crippen LogP contribution in [0.3, 0.4) is 0 Å². The van der Waals surface area contributed by atoms with Crippen molar-refractivity contribution in [3.8, 4) is 0 Å². The largest absolute Gasteiger partial charge is 0.396 e. The quantitative estimate of drug-likeness (QED) is 0.875. The Morgan fingerprint density at radius 3 is 2.77 bits per heavy atom. The Balaban J connectivity index is 0.00000144. The fourth-order valence-corrected chi connectivity index (χ4v) is 1.32. The van der Waals surface area contributed by atoms with E-state index in [9.17, 15) is 0 Å². The number of hydrogen-bond acceptors (Lipinski definition) is 3. The van der Waals surface area contributed by atoms with Crippen molar-refractivity contribution in [1.82, 2.24) is 4.98 Å². The number of rotatable bonds is 3. The van der Waals surface area contributed by atoms with Gasteiger partial charge in [0, 0.05) is 29.5 Å². The number of pyridine rings is 1. The van der Waals surface area contributed by atoms with E-state index in [1.165, 1.54) is 0 Å². The lowest BCUT2D eigenvalue weighted by molar-refractivity contribution is 0.276. The number of halogens is 2. The van der Waals surface area contributed by atoms with Gasteiger partial charge in [0.15, 0.2) is 0 Å². The van der Waals surface area contributed by atoms with Gasteiger partial charge in [0.05, 0.1) is 0 Å². The van der Waals surface area contributed by atoms with E-state index in [1.807, 2.05) is 6.07 Å². The summed E-state index contributed by atoms with van der Waals surface area (Å²) >= 11 is 3.30. The van der Waals surface area contributed by atoms with Crippen molar-refractivity contribution < 1.29 is 5.11 Å². The summed E-state index contributed by atoms with van der Waals surface area (Å²) in [4.78, 5) is 3.98. The zero-order valence-electron chi connectivity index (χ0n) is 6.98. The number of aliphatic hydroxyl groups is 1. The summed E-state index contributed by atoms with van der Waals surface area (Å²) in [7, 11) is 0. The highest BCUT2D eigenvalue weighted by Gasteiger charge is 2.04. The van der Waals surface area contributed by atoms with Crippen LogP contribution in [-0.4, -0.2) is 16.7 Å². The average Bonchev–Trinajstić information content (AvgIpc) is 2.05. The molecule has 0 saturated heterocycles. The summed E-state index contributed by atoms with van der Waals surface area (Å²) in [6, 6.07) is 1.79.